The Morgan fingerprint density at radius 2 is 2.14 bits per heavy atom. The van der Waals surface area contributed by atoms with Gasteiger partial charge in [-0.15, -0.1) is 23.1 Å². The first-order valence-electron chi connectivity index (χ1n) is 12.3. The standard InChI is InChI=1S/C24H25N7O7S4/c1-24(2,21(36)37)38-29-13(11-9-40-22(25)26-11)17(32)27-14-18(33)31-15(20(34)35)10(7-39-19(14)31)8-41-23-28-16-12(42-23)5-4-6-30(16)3/h4-6,9,14,19,23H,7-8H2,1-3H3,(H5,25,26,27,32,34,35,36,37)/p+1/b29-13-/t14?,19-,23?/m1/s1. The van der Waals surface area contributed by atoms with Crippen LogP contribution < -0.4 is 20.9 Å². The van der Waals surface area contributed by atoms with Crippen molar-refractivity contribution in [3.63, 3.8) is 0 Å². The van der Waals surface area contributed by atoms with Gasteiger partial charge in [-0.1, -0.05) is 28.7 Å². The Balaban J connectivity index is 1.29. The zero-order valence-electron chi connectivity index (χ0n) is 22.4. The summed E-state index contributed by atoms with van der Waals surface area (Å²) in [7, 11) is 1.94. The van der Waals surface area contributed by atoms with Crippen LogP contribution in [0.25, 0.3) is 0 Å². The van der Waals surface area contributed by atoms with E-state index in [4.69, 9.17) is 10.6 Å². The van der Waals surface area contributed by atoms with Crippen molar-refractivity contribution in [2.24, 2.45) is 12.2 Å². The van der Waals surface area contributed by atoms with Gasteiger partial charge >= 0.3 is 11.9 Å². The van der Waals surface area contributed by atoms with Gasteiger partial charge in [0.15, 0.2) is 15.5 Å². The number of aryl methyl sites for hydroxylation is 1. The lowest BCUT2D eigenvalue weighted by Gasteiger charge is -2.49. The molecule has 222 valence electrons. The Bertz CT molecular complexity index is 1540. The molecule has 3 atom stereocenters. The number of carbonyl (C=O) groups is 4. The number of hydrogen-bond donors (Lipinski definition) is 5. The van der Waals surface area contributed by atoms with E-state index in [2.05, 4.69) is 20.8 Å². The molecule has 2 amide bonds. The van der Waals surface area contributed by atoms with Crippen LogP contribution in [0.2, 0.25) is 0 Å². The van der Waals surface area contributed by atoms with Gasteiger partial charge in [-0.05, 0) is 31.6 Å². The molecule has 14 nitrogen and oxygen atoms in total. The second kappa shape index (κ2) is 11.7. The van der Waals surface area contributed by atoms with Crippen molar-refractivity contribution in [1.82, 2.24) is 15.2 Å². The lowest BCUT2D eigenvalue weighted by atomic mass is 10.0. The first-order valence-corrected chi connectivity index (χ1v) is 16.2. The lowest BCUT2D eigenvalue weighted by molar-refractivity contribution is -0.658. The molecule has 1 fully saturated rings. The van der Waals surface area contributed by atoms with Crippen molar-refractivity contribution in [2.45, 2.75) is 40.5 Å². The molecule has 0 spiro atoms. The molecule has 2 aromatic rings. The number of thiazole rings is 1. The maximum Gasteiger partial charge on any atom is 0.352 e. The number of nitrogens with one attached hydrogen (secondary N) is 2. The Hall–Kier alpha value is -3.48. The molecule has 0 bridgehead atoms. The number of rotatable bonds is 10. The second-order valence-electron chi connectivity index (χ2n) is 9.77. The summed E-state index contributed by atoms with van der Waals surface area (Å²) >= 11 is 5.56. The molecular formula is C24H26N7O7S4+. The molecule has 5 heterocycles. The summed E-state index contributed by atoms with van der Waals surface area (Å²) in [4.78, 5) is 61.6. The van der Waals surface area contributed by atoms with Crippen LogP contribution in [0.1, 0.15) is 19.5 Å². The number of amides is 2. The molecule has 2 aromatic heterocycles. The van der Waals surface area contributed by atoms with Crippen molar-refractivity contribution in [1.29, 1.82) is 0 Å². The highest BCUT2D eigenvalue weighted by atomic mass is 32.2. The number of nitrogens with two attached hydrogens (primary N) is 1. The number of aromatic nitrogens is 2. The summed E-state index contributed by atoms with van der Waals surface area (Å²) in [5, 5.41) is 30.0. The topological polar surface area (TPSA) is 200 Å². The molecule has 42 heavy (non-hydrogen) atoms. The summed E-state index contributed by atoms with van der Waals surface area (Å²) < 4.78 is 1.96. The van der Waals surface area contributed by atoms with E-state index in [1.165, 1.54) is 47.7 Å². The number of nitrogen functional groups attached to an aromatic ring is 1. The third kappa shape index (κ3) is 5.75. The molecule has 18 heteroatoms. The molecule has 3 aliphatic rings. The molecule has 2 unspecified atom stereocenters. The lowest BCUT2D eigenvalue weighted by Crippen LogP contribution is -2.71. The fourth-order valence-corrected chi connectivity index (χ4v) is 8.64. The van der Waals surface area contributed by atoms with E-state index in [1.807, 2.05) is 29.9 Å². The minimum atomic E-state index is -1.75. The van der Waals surface area contributed by atoms with E-state index in [-0.39, 0.29) is 26.9 Å². The third-order valence-electron chi connectivity index (χ3n) is 6.44. The van der Waals surface area contributed by atoms with Crippen LogP contribution in [0, 0.1) is 0 Å². The van der Waals surface area contributed by atoms with Gasteiger partial charge in [-0.25, -0.2) is 19.1 Å². The van der Waals surface area contributed by atoms with E-state index in [1.54, 1.807) is 11.8 Å². The molecule has 0 aliphatic carbocycles. The number of pyridine rings is 1. The largest absolute Gasteiger partial charge is 0.478 e. The van der Waals surface area contributed by atoms with Gasteiger partial charge in [-0.3, -0.25) is 19.8 Å². The van der Waals surface area contributed by atoms with Crippen molar-refractivity contribution in [3.8, 4) is 0 Å². The number of hydrogen-bond acceptors (Lipinski definition) is 13. The second-order valence-corrected chi connectivity index (χ2v) is 14.3. The highest BCUT2D eigenvalue weighted by molar-refractivity contribution is 8.17. The SMILES string of the molecule is C[n+]1cccc2c1NC(SCC1=C(C(=O)O)N3C(=O)C(NC(=O)/C(=N\OC(C)(C)C(=O)O)c4csc(N)n4)[C@H]3SC1)S2. The van der Waals surface area contributed by atoms with Crippen molar-refractivity contribution >= 4 is 87.0 Å². The smallest absolute Gasteiger partial charge is 0.352 e. The molecular weight excluding hydrogens is 627 g/mol. The highest BCUT2D eigenvalue weighted by Gasteiger charge is 2.54. The van der Waals surface area contributed by atoms with Crippen LogP contribution in [0.5, 0.6) is 0 Å². The predicted octanol–water partition coefficient (Wildman–Crippen LogP) is 1.11. The van der Waals surface area contributed by atoms with Gasteiger partial charge in [0, 0.05) is 16.9 Å². The molecule has 6 N–H and O–H groups in total. The predicted molar refractivity (Wildman–Crippen MR) is 159 cm³/mol. The zero-order valence-corrected chi connectivity index (χ0v) is 25.7. The van der Waals surface area contributed by atoms with Gasteiger partial charge in [0.05, 0.1) is 13.2 Å². The number of anilines is 2. The zero-order chi connectivity index (χ0) is 30.3. The summed E-state index contributed by atoms with van der Waals surface area (Å²) in [6.45, 7) is 2.51. The van der Waals surface area contributed by atoms with Crippen LogP contribution in [0.3, 0.4) is 0 Å². The number of carboxylic acid groups (broad SMARTS) is 2. The molecule has 0 aromatic carbocycles. The molecule has 5 rings (SSSR count). The maximum absolute atomic E-state index is 13.2. The number of carboxylic acids is 2. The van der Waals surface area contributed by atoms with Crippen molar-refractivity contribution in [3.05, 3.63) is 40.7 Å². The molecule has 3 aliphatic heterocycles. The van der Waals surface area contributed by atoms with Crippen LogP contribution in [0.15, 0.2) is 45.0 Å². The van der Waals surface area contributed by atoms with Gasteiger partial charge in [0.1, 0.15) is 27.7 Å². The Morgan fingerprint density at radius 3 is 2.79 bits per heavy atom. The van der Waals surface area contributed by atoms with Crippen LogP contribution in [-0.4, -0.2) is 82.8 Å². The Labute approximate surface area is 256 Å². The molecule has 0 radical (unpaired) electrons. The van der Waals surface area contributed by atoms with E-state index >= 15 is 0 Å². The number of thioether (sulfide) groups is 3. The maximum atomic E-state index is 13.2. The highest BCUT2D eigenvalue weighted by Crippen LogP contribution is 2.44. The van der Waals surface area contributed by atoms with Gasteiger partial charge in [-0.2, -0.15) is 0 Å². The first-order chi connectivity index (χ1) is 19.9. The van der Waals surface area contributed by atoms with E-state index in [9.17, 15) is 29.4 Å². The molecule has 1 saturated heterocycles. The first kappa shape index (κ1) is 30.0. The van der Waals surface area contributed by atoms with Crippen molar-refractivity contribution < 1.29 is 38.8 Å². The monoisotopic (exact) mass is 652 g/mol. The number of oxime groups is 1. The Kier molecular flexibility index (Phi) is 8.32. The van der Waals surface area contributed by atoms with E-state index in [0.717, 1.165) is 22.1 Å². The van der Waals surface area contributed by atoms with E-state index < -0.39 is 40.8 Å². The Morgan fingerprint density at radius 1 is 1.38 bits per heavy atom. The summed E-state index contributed by atoms with van der Waals surface area (Å²) in [5.41, 5.74) is 4.14. The average Bonchev–Trinajstić information content (AvgIpc) is 3.56. The minimum absolute atomic E-state index is 0.0243. The van der Waals surface area contributed by atoms with Gasteiger partial charge in [0.2, 0.25) is 5.60 Å². The van der Waals surface area contributed by atoms with Crippen LogP contribution >= 0.6 is 46.6 Å². The fraction of sp³-hybridized carbons (Fsp3) is 0.375. The number of nitrogens with zero attached hydrogens (tertiary/aromatic N) is 4. The van der Waals surface area contributed by atoms with E-state index in [0.29, 0.717) is 17.1 Å². The third-order valence-corrected chi connectivity index (χ3v) is 11.0. The number of β-lactam (4-membered cyclic amide) rings is 1. The number of fused-ring (bicyclic) bond motifs is 2. The fourth-order valence-electron chi connectivity index (χ4n) is 4.17. The van der Waals surface area contributed by atoms with Crippen LogP contribution in [0.4, 0.5) is 10.9 Å². The van der Waals surface area contributed by atoms with Gasteiger partial charge < -0.3 is 26.1 Å². The minimum Gasteiger partial charge on any atom is -0.478 e. The van der Waals surface area contributed by atoms with Gasteiger partial charge in [0.25, 0.3) is 17.6 Å². The quantitative estimate of drug-likeness (QED) is 0.106. The summed E-state index contributed by atoms with van der Waals surface area (Å²) in [6, 6.07) is 2.93. The summed E-state index contributed by atoms with van der Waals surface area (Å²) in [6.07, 6.45) is 1.94. The average molecular weight is 653 g/mol. The van der Waals surface area contributed by atoms with Crippen LogP contribution in [-0.2, 0) is 31.1 Å². The number of carbonyl (C=O) groups excluding carboxylic acids is 2. The van der Waals surface area contributed by atoms with Crippen molar-refractivity contribution in [2.75, 3.05) is 22.6 Å². The normalized spacial score (nSPS) is 21.7. The number of aliphatic carboxylic acids is 2. The molecule has 0 saturated carbocycles. The summed E-state index contributed by atoms with van der Waals surface area (Å²) in [5.74, 6) is -2.23.